The molecule has 5 N–H and O–H groups in total. The number of aromatic nitrogens is 1. The molecule has 0 unspecified atom stereocenters. The highest BCUT2D eigenvalue weighted by Gasteiger charge is 2.24. The average molecular weight is 410 g/mol. The Bertz CT molecular complexity index is 1270. The third-order valence-corrected chi connectivity index (χ3v) is 5.58. The Balaban J connectivity index is 1.71. The van der Waals surface area contributed by atoms with Crippen LogP contribution in [-0.2, 0) is 14.8 Å². The van der Waals surface area contributed by atoms with Gasteiger partial charge in [-0.25, -0.2) is 13.6 Å². The first-order valence-corrected chi connectivity index (χ1v) is 10.4. The van der Waals surface area contributed by atoms with E-state index in [1.54, 1.807) is 6.07 Å². The number of nitrogens with two attached hydrogens (primary N) is 1. The topological polar surface area (TPSA) is 134 Å². The molecule has 1 aliphatic heterocycles. The molecule has 2 heterocycles. The molecule has 8 nitrogen and oxygen atoms in total. The number of nitrogens with one attached hydrogen (secondary N) is 3. The molecule has 0 atom stereocenters. The smallest absolute Gasteiger partial charge is 0.268 e. The number of sulfonamides is 1. The van der Waals surface area contributed by atoms with E-state index in [2.05, 4.69) is 15.6 Å². The van der Waals surface area contributed by atoms with E-state index in [1.165, 1.54) is 24.3 Å². The van der Waals surface area contributed by atoms with Gasteiger partial charge >= 0.3 is 0 Å². The van der Waals surface area contributed by atoms with Gasteiger partial charge in [-0.2, -0.15) is 0 Å². The lowest BCUT2D eigenvalue weighted by Gasteiger charge is -2.07. The fourth-order valence-electron chi connectivity index (χ4n) is 3.40. The van der Waals surface area contributed by atoms with E-state index >= 15 is 0 Å². The summed E-state index contributed by atoms with van der Waals surface area (Å²) >= 11 is 0. The number of fused-ring (bicyclic) bond motifs is 3. The van der Waals surface area contributed by atoms with Gasteiger partial charge in [0.25, 0.3) is 5.91 Å². The third kappa shape index (κ3) is 3.78. The maximum absolute atomic E-state index is 12.6. The number of para-hydroxylation sites is 1. The molecule has 3 aromatic rings. The number of carbonyl (C=O) groups excluding carboxylic acids is 2. The number of primary sulfonamides is 1. The van der Waals surface area contributed by atoms with Crippen LogP contribution in [0.1, 0.15) is 22.5 Å². The van der Waals surface area contributed by atoms with Crippen LogP contribution in [0.25, 0.3) is 16.5 Å². The summed E-state index contributed by atoms with van der Waals surface area (Å²) in [5, 5.41) is 11.5. The number of amides is 2. The number of carbonyl (C=O) groups is 2. The van der Waals surface area contributed by atoms with E-state index < -0.39 is 15.9 Å². The lowest BCUT2D eigenvalue weighted by molar-refractivity contribution is -0.111. The summed E-state index contributed by atoms with van der Waals surface area (Å²) in [6.07, 6.45) is 1.91. The predicted molar refractivity (Wildman–Crippen MR) is 110 cm³/mol. The van der Waals surface area contributed by atoms with Crippen molar-refractivity contribution in [1.82, 2.24) is 10.3 Å². The summed E-state index contributed by atoms with van der Waals surface area (Å²) in [5.74, 6) is -0.655. The van der Waals surface area contributed by atoms with Crippen molar-refractivity contribution in [2.24, 2.45) is 5.14 Å². The summed E-state index contributed by atoms with van der Waals surface area (Å²) in [4.78, 5) is 28.0. The van der Waals surface area contributed by atoms with Gasteiger partial charge in [0.1, 0.15) is 5.69 Å². The minimum Gasteiger partial charge on any atom is -0.350 e. The molecule has 1 aliphatic rings. The number of anilines is 1. The molecule has 0 spiro atoms. The summed E-state index contributed by atoms with van der Waals surface area (Å²) in [5.41, 5.74) is 2.93. The Morgan fingerprint density at radius 3 is 2.72 bits per heavy atom. The van der Waals surface area contributed by atoms with E-state index in [-0.39, 0.29) is 10.8 Å². The summed E-state index contributed by atoms with van der Waals surface area (Å²) in [7, 11) is -3.87. The molecule has 2 aromatic carbocycles. The van der Waals surface area contributed by atoms with E-state index in [9.17, 15) is 18.0 Å². The molecular formula is C20H18N4O4S. The molecule has 0 aliphatic carbocycles. The van der Waals surface area contributed by atoms with Crippen molar-refractivity contribution < 1.29 is 18.0 Å². The molecule has 2 amide bonds. The normalized spacial score (nSPS) is 15.6. The van der Waals surface area contributed by atoms with Gasteiger partial charge in [-0.1, -0.05) is 24.3 Å². The van der Waals surface area contributed by atoms with Crippen molar-refractivity contribution >= 4 is 44.0 Å². The summed E-state index contributed by atoms with van der Waals surface area (Å²) < 4.78 is 23.0. The lowest BCUT2D eigenvalue weighted by atomic mass is 9.99. The number of benzene rings is 2. The van der Waals surface area contributed by atoms with Gasteiger partial charge in [0, 0.05) is 34.8 Å². The number of hydrogen-bond acceptors (Lipinski definition) is 4. The van der Waals surface area contributed by atoms with Gasteiger partial charge in [-0.05, 0) is 36.3 Å². The Morgan fingerprint density at radius 2 is 1.93 bits per heavy atom. The number of H-pyrrole nitrogens is 1. The molecule has 0 fully saturated rings. The molecule has 0 saturated heterocycles. The zero-order valence-corrected chi connectivity index (χ0v) is 16.0. The van der Waals surface area contributed by atoms with Crippen LogP contribution in [-0.4, -0.2) is 31.8 Å². The van der Waals surface area contributed by atoms with Crippen LogP contribution < -0.4 is 15.8 Å². The zero-order chi connectivity index (χ0) is 20.6. The molecule has 4 rings (SSSR count). The molecule has 29 heavy (non-hydrogen) atoms. The Kier molecular flexibility index (Phi) is 4.69. The Morgan fingerprint density at radius 1 is 1.14 bits per heavy atom. The standard InChI is InChI=1S/C20H18N4O4S/c21-29(27,28)14-5-3-4-13(11-14)23-17(25)10-12-8-9-22-20(26)19-18(12)15-6-1-2-7-16(15)24-19/h1-7,10-11,24H,8-9H2,(H,22,26)(H,23,25)(H2,21,27,28)/b12-10+. The molecule has 0 radical (unpaired) electrons. The van der Waals surface area contributed by atoms with E-state index in [1.807, 2.05) is 24.3 Å². The highest BCUT2D eigenvalue weighted by molar-refractivity contribution is 7.89. The molecule has 9 heteroatoms. The van der Waals surface area contributed by atoms with Crippen LogP contribution in [0.3, 0.4) is 0 Å². The van der Waals surface area contributed by atoms with Gasteiger partial charge < -0.3 is 15.6 Å². The molecule has 1 aromatic heterocycles. The van der Waals surface area contributed by atoms with Crippen molar-refractivity contribution in [3.8, 4) is 0 Å². The van der Waals surface area contributed by atoms with Crippen molar-refractivity contribution in [1.29, 1.82) is 0 Å². The largest absolute Gasteiger partial charge is 0.350 e. The van der Waals surface area contributed by atoms with E-state index in [0.29, 0.717) is 35.5 Å². The first kappa shape index (κ1) is 18.9. The van der Waals surface area contributed by atoms with Crippen LogP contribution in [0.15, 0.2) is 59.5 Å². The Hall–Kier alpha value is -3.43. The van der Waals surface area contributed by atoms with Crippen LogP contribution in [0.5, 0.6) is 0 Å². The monoisotopic (exact) mass is 410 g/mol. The second-order valence-corrected chi connectivity index (χ2v) is 8.22. The van der Waals surface area contributed by atoms with Crippen LogP contribution in [0.4, 0.5) is 5.69 Å². The zero-order valence-electron chi connectivity index (χ0n) is 15.2. The Labute approximate surface area is 166 Å². The molecule has 0 saturated carbocycles. The first-order valence-electron chi connectivity index (χ1n) is 8.86. The average Bonchev–Trinajstić information content (AvgIpc) is 2.99. The van der Waals surface area contributed by atoms with Gasteiger partial charge in [0.15, 0.2) is 0 Å². The van der Waals surface area contributed by atoms with Crippen LogP contribution in [0.2, 0.25) is 0 Å². The number of rotatable bonds is 3. The quantitative estimate of drug-likeness (QED) is 0.491. The first-order chi connectivity index (χ1) is 13.8. The van der Waals surface area contributed by atoms with Gasteiger partial charge in [-0.15, -0.1) is 0 Å². The molecular weight excluding hydrogens is 392 g/mol. The number of hydrogen-bond donors (Lipinski definition) is 4. The fraction of sp³-hybridized carbons (Fsp3) is 0.100. The summed E-state index contributed by atoms with van der Waals surface area (Å²) in [6.45, 7) is 0.399. The maximum Gasteiger partial charge on any atom is 0.268 e. The molecule has 0 bridgehead atoms. The predicted octanol–water partition coefficient (Wildman–Crippen LogP) is 1.97. The molecule has 148 valence electrons. The second-order valence-electron chi connectivity index (χ2n) is 6.66. The van der Waals surface area contributed by atoms with E-state index in [4.69, 9.17) is 5.14 Å². The fourth-order valence-corrected chi connectivity index (χ4v) is 3.96. The SMILES string of the molecule is NS(=O)(=O)c1cccc(NC(=O)/C=C2\CCNC(=O)c3[nH]c4ccccc4c32)c1. The van der Waals surface area contributed by atoms with Gasteiger partial charge in [0.2, 0.25) is 15.9 Å². The lowest BCUT2D eigenvalue weighted by Crippen LogP contribution is -2.22. The van der Waals surface area contributed by atoms with Crippen molar-refractivity contribution in [3.05, 3.63) is 65.9 Å². The minimum atomic E-state index is -3.87. The van der Waals surface area contributed by atoms with Crippen molar-refractivity contribution in [3.63, 3.8) is 0 Å². The van der Waals surface area contributed by atoms with Crippen molar-refractivity contribution in [2.75, 3.05) is 11.9 Å². The van der Waals surface area contributed by atoms with Gasteiger partial charge in [0.05, 0.1) is 4.90 Å². The second kappa shape index (κ2) is 7.19. The van der Waals surface area contributed by atoms with Gasteiger partial charge in [-0.3, -0.25) is 9.59 Å². The number of aromatic amines is 1. The summed E-state index contributed by atoms with van der Waals surface area (Å²) in [6, 6.07) is 13.2. The van der Waals surface area contributed by atoms with Crippen LogP contribution in [0, 0.1) is 0 Å². The van der Waals surface area contributed by atoms with E-state index in [0.717, 1.165) is 10.9 Å². The van der Waals surface area contributed by atoms with Crippen LogP contribution >= 0.6 is 0 Å². The third-order valence-electron chi connectivity index (χ3n) is 4.67. The van der Waals surface area contributed by atoms with Crippen molar-refractivity contribution in [2.45, 2.75) is 11.3 Å². The highest BCUT2D eigenvalue weighted by Crippen LogP contribution is 2.32. The maximum atomic E-state index is 12.6. The minimum absolute atomic E-state index is 0.0915. The highest BCUT2D eigenvalue weighted by atomic mass is 32.2.